The largest absolute Gasteiger partial charge is 0.316 e. The minimum atomic E-state index is 0.581. The lowest BCUT2D eigenvalue weighted by Crippen LogP contribution is -2.40. The van der Waals surface area contributed by atoms with E-state index in [0.717, 1.165) is 5.03 Å². The molecule has 2 nitrogen and oxygen atoms in total. The second-order valence-corrected chi connectivity index (χ2v) is 6.90. The molecule has 3 unspecified atom stereocenters. The maximum absolute atomic E-state index is 4.47. The van der Waals surface area contributed by atoms with Crippen LogP contribution in [0.2, 0.25) is 0 Å². The molecule has 0 amide bonds. The third-order valence-electron chi connectivity index (χ3n) is 4.34. The van der Waals surface area contributed by atoms with Gasteiger partial charge in [0, 0.05) is 17.5 Å². The Bertz CT molecular complexity index is 544. The van der Waals surface area contributed by atoms with E-state index in [1.54, 1.807) is 0 Å². The van der Waals surface area contributed by atoms with Crippen molar-refractivity contribution in [3.05, 3.63) is 60.3 Å². The summed E-state index contributed by atoms with van der Waals surface area (Å²) in [5.74, 6) is 0.678. The van der Waals surface area contributed by atoms with E-state index in [1.807, 2.05) is 24.0 Å². The van der Waals surface area contributed by atoms with E-state index < -0.39 is 0 Å². The summed E-state index contributed by atoms with van der Waals surface area (Å²) in [5, 5.41) is 5.22. The lowest BCUT2D eigenvalue weighted by Gasteiger charge is -2.35. The molecule has 21 heavy (non-hydrogen) atoms. The Morgan fingerprint density at radius 1 is 1.05 bits per heavy atom. The summed E-state index contributed by atoms with van der Waals surface area (Å²) in [6.45, 7) is 0. The van der Waals surface area contributed by atoms with Gasteiger partial charge in [-0.2, -0.15) is 0 Å². The Morgan fingerprint density at radius 3 is 2.57 bits per heavy atom. The molecule has 1 fully saturated rings. The van der Waals surface area contributed by atoms with Gasteiger partial charge in [0.25, 0.3) is 0 Å². The Morgan fingerprint density at radius 2 is 1.86 bits per heavy atom. The van der Waals surface area contributed by atoms with Crippen molar-refractivity contribution in [1.82, 2.24) is 10.3 Å². The van der Waals surface area contributed by atoms with E-state index in [-0.39, 0.29) is 0 Å². The van der Waals surface area contributed by atoms with Crippen molar-refractivity contribution in [3.63, 3.8) is 0 Å². The second kappa shape index (κ2) is 7.10. The van der Waals surface area contributed by atoms with E-state index >= 15 is 0 Å². The third-order valence-corrected chi connectivity index (χ3v) is 5.65. The topological polar surface area (TPSA) is 24.9 Å². The SMILES string of the molecule is CNC1CCC(c2ccccc2)CC1Sc1ccccn1. The monoisotopic (exact) mass is 298 g/mol. The number of nitrogens with one attached hydrogen (secondary N) is 1. The van der Waals surface area contributed by atoms with Gasteiger partial charge in [-0.15, -0.1) is 11.8 Å². The van der Waals surface area contributed by atoms with E-state index in [0.29, 0.717) is 17.2 Å². The first-order valence-electron chi connectivity index (χ1n) is 7.66. The molecule has 3 atom stereocenters. The predicted molar refractivity (Wildman–Crippen MR) is 89.8 cm³/mol. The van der Waals surface area contributed by atoms with Gasteiger partial charge >= 0.3 is 0 Å². The van der Waals surface area contributed by atoms with Crippen molar-refractivity contribution < 1.29 is 0 Å². The van der Waals surface area contributed by atoms with Crippen molar-refractivity contribution in [3.8, 4) is 0 Å². The zero-order valence-electron chi connectivity index (χ0n) is 12.4. The molecule has 1 heterocycles. The number of nitrogens with zero attached hydrogens (tertiary/aromatic N) is 1. The summed E-state index contributed by atoms with van der Waals surface area (Å²) in [6.07, 6.45) is 5.61. The predicted octanol–water partition coefficient (Wildman–Crippen LogP) is 4.10. The maximum atomic E-state index is 4.47. The molecular weight excluding hydrogens is 276 g/mol. The molecule has 0 aliphatic heterocycles. The molecule has 1 aromatic carbocycles. The number of hydrogen-bond acceptors (Lipinski definition) is 3. The average molecular weight is 298 g/mol. The van der Waals surface area contributed by atoms with Gasteiger partial charge in [0.15, 0.2) is 0 Å². The summed E-state index contributed by atoms with van der Waals surface area (Å²) >= 11 is 1.92. The van der Waals surface area contributed by atoms with E-state index in [4.69, 9.17) is 0 Å². The quantitative estimate of drug-likeness (QED) is 0.920. The van der Waals surface area contributed by atoms with Crippen LogP contribution < -0.4 is 5.32 Å². The van der Waals surface area contributed by atoms with Crippen LogP contribution in [0.4, 0.5) is 0 Å². The van der Waals surface area contributed by atoms with Crippen molar-refractivity contribution in [1.29, 1.82) is 0 Å². The molecule has 1 aliphatic rings. The van der Waals surface area contributed by atoms with Gasteiger partial charge in [-0.25, -0.2) is 4.98 Å². The Kier molecular flexibility index (Phi) is 4.94. The van der Waals surface area contributed by atoms with Crippen LogP contribution in [0.1, 0.15) is 30.7 Å². The number of benzene rings is 1. The average Bonchev–Trinajstić information content (AvgIpc) is 2.56. The molecule has 0 spiro atoms. The van der Waals surface area contributed by atoms with Crippen molar-refractivity contribution >= 4 is 11.8 Å². The summed E-state index contributed by atoms with van der Waals surface area (Å²) in [7, 11) is 2.08. The second-order valence-electron chi connectivity index (χ2n) is 5.64. The summed E-state index contributed by atoms with van der Waals surface area (Å²) in [4.78, 5) is 4.47. The third kappa shape index (κ3) is 3.66. The van der Waals surface area contributed by atoms with Crippen LogP contribution in [-0.2, 0) is 0 Å². The van der Waals surface area contributed by atoms with Crippen LogP contribution in [0.5, 0.6) is 0 Å². The van der Waals surface area contributed by atoms with Crippen molar-refractivity contribution in [2.24, 2.45) is 0 Å². The smallest absolute Gasteiger partial charge is 0.0963 e. The van der Waals surface area contributed by atoms with Gasteiger partial charge in [-0.05, 0) is 49.9 Å². The van der Waals surface area contributed by atoms with Crippen molar-refractivity contribution in [2.75, 3.05) is 7.05 Å². The fourth-order valence-corrected chi connectivity index (χ4v) is 4.54. The maximum Gasteiger partial charge on any atom is 0.0963 e. The molecule has 0 bridgehead atoms. The molecule has 1 aliphatic carbocycles. The van der Waals surface area contributed by atoms with Gasteiger partial charge in [-0.1, -0.05) is 36.4 Å². The molecule has 1 aromatic heterocycles. The summed E-state index contributed by atoms with van der Waals surface area (Å²) < 4.78 is 0. The van der Waals surface area contributed by atoms with E-state index in [1.165, 1.54) is 24.8 Å². The lowest BCUT2D eigenvalue weighted by molar-refractivity contribution is 0.369. The van der Waals surface area contributed by atoms with Crippen molar-refractivity contribution in [2.45, 2.75) is 41.5 Å². The molecular formula is C18H22N2S. The molecule has 1 N–H and O–H groups in total. The van der Waals surface area contributed by atoms with Crippen LogP contribution in [0.15, 0.2) is 59.8 Å². The van der Waals surface area contributed by atoms with Gasteiger partial charge in [-0.3, -0.25) is 0 Å². The molecule has 2 aromatic rings. The van der Waals surface area contributed by atoms with E-state index in [9.17, 15) is 0 Å². The van der Waals surface area contributed by atoms with Gasteiger partial charge in [0.05, 0.1) is 5.03 Å². The first-order valence-corrected chi connectivity index (χ1v) is 8.54. The minimum absolute atomic E-state index is 0.581. The number of aromatic nitrogens is 1. The summed E-state index contributed by atoms with van der Waals surface area (Å²) in [5.41, 5.74) is 1.48. The Labute approximate surface area is 131 Å². The standard InChI is InChI=1S/C18H22N2S/c1-19-16-11-10-15(14-7-3-2-4-8-14)13-17(16)21-18-9-5-6-12-20-18/h2-9,12,15-17,19H,10-11,13H2,1H3. The zero-order valence-corrected chi connectivity index (χ0v) is 13.2. The van der Waals surface area contributed by atoms with Gasteiger partial charge in [0.1, 0.15) is 0 Å². The Balaban J connectivity index is 1.73. The molecule has 0 radical (unpaired) electrons. The van der Waals surface area contributed by atoms with Crippen LogP contribution in [0, 0.1) is 0 Å². The highest BCUT2D eigenvalue weighted by Crippen LogP contribution is 2.40. The zero-order chi connectivity index (χ0) is 14.5. The molecule has 0 saturated heterocycles. The number of thioether (sulfide) groups is 1. The molecule has 3 rings (SSSR count). The highest BCUT2D eigenvalue weighted by Gasteiger charge is 2.31. The number of hydrogen-bond donors (Lipinski definition) is 1. The van der Waals surface area contributed by atoms with Crippen LogP contribution in [0.3, 0.4) is 0 Å². The summed E-state index contributed by atoms with van der Waals surface area (Å²) in [6, 6.07) is 17.7. The fraction of sp³-hybridized carbons (Fsp3) is 0.389. The van der Waals surface area contributed by atoms with Crippen LogP contribution >= 0.6 is 11.8 Å². The Hall–Kier alpha value is -1.32. The van der Waals surface area contributed by atoms with E-state index in [2.05, 4.69) is 59.8 Å². The minimum Gasteiger partial charge on any atom is -0.316 e. The molecule has 110 valence electrons. The highest BCUT2D eigenvalue weighted by atomic mass is 32.2. The highest BCUT2D eigenvalue weighted by molar-refractivity contribution is 7.99. The molecule has 3 heteroatoms. The number of rotatable bonds is 4. The fourth-order valence-electron chi connectivity index (χ4n) is 3.19. The molecule has 1 saturated carbocycles. The van der Waals surface area contributed by atoms with Crippen LogP contribution in [0.25, 0.3) is 0 Å². The lowest BCUT2D eigenvalue weighted by atomic mass is 9.81. The van der Waals surface area contributed by atoms with Gasteiger partial charge in [0.2, 0.25) is 0 Å². The normalized spacial score (nSPS) is 25.7. The van der Waals surface area contributed by atoms with Crippen LogP contribution in [-0.4, -0.2) is 23.3 Å². The van der Waals surface area contributed by atoms with Gasteiger partial charge < -0.3 is 5.32 Å². The number of pyridine rings is 1. The first kappa shape index (κ1) is 14.6. The first-order chi connectivity index (χ1) is 10.4.